The highest BCUT2D eigenvalue weighted by Gasteiger charge is 2.00. The molecule has 1 rings (SSSR count). The highest BCUT2D eigenvalue weighted by atomic mass is 79.9. The third-order valence-electron chi connectivity index (χ3n) is 1.46. The standard InChI is InChI=1S/C9H10BrFO2/c10-8-3-2-7(6-9(8)11)13-5-1-4-12/h2-3,6,12H,1,4-5H2. The second kappa shape index (κ2) is 5.19. The quantitative estimate of drug-likeness (QED) is 0.830. The summed E-state index contributed by atoms with van der Waals surface area (Å²) in [5.41, 5.74) is 0. The molecule has 2 nitrogen and oxygen atoms in total. The van der Waals surface area contributed by atoms with Gasteiger partial charge in [-0.3, -0.25) is 0 Å². The second-order valence-electron chi connectivity index (χ2n) is 2.50. The predicted octanol–water partition coefficient (Wildman–Crippen LogP) is 2.35. The van der Waals surface area contributed by atoms with Crippen LogP contribution in [0, 0.1) is 5.82 Å². The number of rotatable bonds is 4. The zero-order valence-electron chi connectivity index (χ0n) is 6.96. The van der Waals surface area contributed by atoms with Crippen molar-refractivity contribution in [1.82, 2.24) is 0 Å². The van der Waals surface area contributed by atoms with Crippen LogP contribution in [-0.4, -0.2) is 18.3 Å². The second-order valence-corrected chi connectivity index (χ2v) is 3.36. The van der Waals surface area contributed by atoms with Crippen molar-refractivity contribution in [1.29, 1.82) is 0 Å². The smallest absolute Gasteiger partial charge is 0.141 e. The zero-order valence-corrected chi connectivity index (χ0v) is 8.55. The molecule has 0 atom stereocenters. The molecule has 0 aliphatic heterocycles. The highest BCUT2D eigenvalue weighted by molar-refractivity contribution is 9.10. The van der Waals surface area contributed by atoms with Gasteiger partial charge < -0.3 is 9.84 Å². The first-order valence-electron chi connectivity index (χ1n) is 3.93. The first kappa shape index (κ1) is 10.5. The Bertz CT molecular complexity index is 278. The van der Waals surface area contributed by atoms with E-state index in [9.17, 15) is 4.39 Å². The fourth-order valence-corrected chi connectivity index (χ4v) is 1.07. The van der Waals surface area contributed by atoms with Gasteiger partial charge >= 0.3 is 0 Å². The lowest BCUT2D eigenvalue weighted by molar-refractivity contribution is 0.233. The first-order chi connectivity index (χ1) is 6.24. The van der Waals surface area contributed by atoms with Gasteiger partial charge in [0.25, 0.3) is 0 Å². The van der Waals surface area contributed by atoms with Gasteiger partial charge in [0.1, 0.15) is 11.6 Å². The lowest BCUT2D eigenvalue weighted by Gasteiger charge is -2.04. The van der Waals surface area contributed by atoms with Gasteiger partial charge in [0, 0.05) is 19.1 Å². The molecule has 0 aliphatic rings. The summed E-state index contributed by atoms with van der Waals surface area (Å²) in [7, 11) is 0. The Hall–Kier alpha value is -0.610. The van der Waals surface area contributed by atoms with E-state index >= 15 is 0 Å². The van der Waals surface area contributed by atoms with Crippen LogP contribution in [0.4, 0.5) is 4.39 Å². The van der Waals surface area contributed by atoms with Crippen LogP contribution in [0.25, 0.3) is 0 Å². The highest BCUT2D eigenvalue weighted by Crippen LogP contribution is 2.20. The number of ether oxygens (including phenoxy) is 1. The number of hydrogen-bond donors (Lipinski definition) is 1. The maximum atomic E-state index is 12.9. The number of benzene rings is 1. The molecule has 1 aromatic carbocycles. The van der Waals surface area contributed by atoms with Gasteiger partial charge in [-0.2, -0.15) is 0 Å². The molecule has 0 unspecified atom stereocenters. The molecule has 0 aliphatic carbocycles. The molecule has 1 aromatic rings. The van der Waals surface area contributed by atoms with E-state index in [2.05, 4.69) is 15.9 Å². The van der Waals surface area contributed by atoms with Gasteiger partial charge in [-0.1, -0.05) is 0 Å². The van der Waals surface area contributed by atoms with Crippen molar-refractivity contribution in [3.8, 4) is 5.75 Å². The zero-order chi connectivity index (χ0) is 9.68. The van der Waals surface area contributed by atoms with Gasteiger partial charge in [-0.15, -0.1) is 0 Å². The molecule has 0 saturated carbocycles. The summed E-state index contributed by atoms with van der Waals surface area (Å²) in [6, 6.07) is 4.57. The molecule has 4 heteroatoms. The van der Waals surface area contributed by atoms with Gasteiger partial charge in [0.05, 0.1) is 11.1 Å². The van der Waals surface area contributed by atoms with Crippen LogP contribution < -0.4 is 4.74 Å². The van der Waals surface area contributed by atoms with E-state index in [1.165, 1.54) is 6.07 Å². The molecule has 0 amide bonds. The van der Waals surface area contributed by atoms with E-state index in [1.807, 2.05) is 0 Å². The lowest BCUT2D eigenvalue weighted by atomic mass is 10.3. The molecular weight excluding hydrogens is 239 g/mol. The maximum Gasteiger partial charge on any atom is 0.141 e. The summed E-state index contributed by atoms with van der Waals surface area (Å²) < 4.78 is 18.5. The van der Waals surface area contributed by atoms with Crippen LogP contribution >= 0.6 is 15.9 Å². The van der Waals surface area contributed by atoms with Crippen LogP contribution in [0.3, 0.4) is 0 Å². The predicted molar refractivity (Wildman–Crippen MR) is 51.3 cm³/mol. The Morgan fingerprint density at radius 2 is 2.23 bits per heavy atom. The van der Waals surface area contributed by atoms with Crippen molar-refractivity contribution in [2.24, 2.45) is 0 Å². The van der Waals surface area contributed by atoms with Gasteiger partial charge in [0.2, 0.25) is 0 Å². The minimum Gasteiger partial charge on any atom is -0.493 e. The Kier molecular flexibility index (Phi) is 4.18. The van der Waals surface area contributed by atoms with Gasteiger partial charge in [-0.25, -0.2) is 4.39 Å². The Morgan fingerprint density at radius 1 is 1.46 bits per heavy atom. The molecule has 0 heterocycles. The largest absolute Gasteiger partial charge is 0.493 e. The molecule has 0 fully saturated rings. The number of aliphatic hydroxyl groups is 1. The van der Waals surface area contributed by atoms with Crippen LogP contribution in [0.5, 0.6) is 5.75 Å². The maximum absolute atomic E-state index is 12.9. The lowest BCUT2D eigenvalue weighted by Crippen LogP contribution is -1.99. The first-order valence-corrected chi connectivity index (χ1v) is 4.72. The van der Waals surface area contributed by atoms with Crippen LogP contribution in [0.1, 0.15) is 6.42 Å². The topological polar surface area (TPSA) is 29.5 Å². The Labute approximate surface area is 84.5 Å². The summed E-state index contributed by atoms with van der Waals surface area (Å²) in [5.74, 6) is 0.135. The molecule has 0 saturated heterocycles. The monoisotopic (exact) mass is 248 g/mol. The van der Waals surface area contributed by atoms with Crippen molar-refractivity contribution >= 4 is 15.9 Å². The number of halogens is 2. The molecule has 0 spiro atoms. The van der Waals surface area contributed by atoms with E-state index < -0.39 is 0 Å². The Balaban J connectivity index is 2.53. The number of hydrogen-bond acceptors (Lipinski definition) is 2. The SMILES string of the molecule is OCCCOc1ccc(Br)c(F)c1. The average molecular weight is 249 g/mol. The summed E-state index contributed by atoms with van der Waals surface area (Å²) in [6.07, 6.45) is 0.553. The molecular formula is C9H10BrFO2. The average Bonchev–Trinajstić information content (AvgIpc) is 2.12. The summed E-state index contributed by atoms with van der Waals surface area (Å²) >= 11 is 3.04. The number of aliphatic hydroxyl groups excluding tert-OH is 1. The van der Waals surface area contributed by atoms with Crippen molar-refractivity contribution in [2.75, 3.05) is 13.2 Å². The van der Waals surface area contributed by atoms with E-state index in [0.29, 0.717) is 23.2 Å². The van der Waals surface area contributed by atoms with Gasteiger partial charge in [-0.05, 0) is 28.1 Å². The van der Waals surface area contributed by atoms with Crippen LogP contribution in [0.15, 0.2) is 22.7 Å². The Morgan fingerprint density at radius 3 is 2.85 bits per heavy atom. The summed E-state index contributed by atoms with van der Waals surface area (Å²) in [4.78, 5) is 0. The van der Waals surface area contributed by atoms with E-state index in [-0.39, 0.29) is 12.4 Å². The third kappa shape index (κ3) is 3.32. The van der Waals surface area contributed by atoms with Crippen molar-refractivity contribution in [3.63, 3.8) is 0 Å². The van der Waals surface area contributed by atoms with Crippen molar-refractivity contribution in [2.45, 2.75) is 6.42 Å². The third-order valence-corrected chi connectivity index (χ3v) is 2.11. The molecule has 0 radical (unpaired) electrons. The fourth-order valence-electron chi connectivity index (χ4n) is 0.821. The van der Waals surface area contributed by atoms with Crippen LogP contribution in [0.2, 0.25) is 0 Å². The normalized spacial score (nSPS) is 10.1. The summed E-state index contributed by atoms with van der Waals surface area (Å²) in [6.45, 7) is 0.483. The van der Waals surface area contributed by atoms with E-state index in [1.54, 1.807) is 12.1 Å². The van der Waals surface area contributed by atoms with Crippen LogP contribution in [-0.2, 0) is 0 Å². The minimum atomic E-state index is -0.346. The molecule has 0 bridgehead atoms. The molecule has 13 heavy (non-hydrogen) atoms. The van der Waals surface area contributed by atoms with Crippen molar-refractivity contribution < 1.29 is 14.2 Å². The molecule has 72 valence electrons. The minimum absolute atomic E-state index is 0.0824. The summed E-state index contributed by atoms with van der Waals surface area (Å²) in [5, 5.41) is 8.48. The van der Waals surface area contributed by atoms with E-state index in [4.69, 9.17) is 9.84 Å². The van der Waals surface area contributed by atoms with Gasteiger partial charge in [0.15, 0.2) is 0 Å². The van der Waals surface area contributed by atoms with E-state index in [0.717, 1.165) is 0 Å². The fraction of sp³-hybridized carbons (Fsp3) is 0.333. The molecule has 0 aromatic heterocycles. The van der Waals surface area contributed by atoms with Crippen molar-refractivity contribution in [3.05, 3.63) is 28.5 Å². The molecule has 1 N–H and O–H groups in total.